The topological polar surface area (TPSA) is 92.0 Å². The van der Waals surface area contributed by atoms with Crippen molar-refractivity contribution in [2.45, 2.75) is 25.4 Å². The third kappa shape index (κ3) is 7.65. The predicted octanol–water partition coefficient (Wildman–Crippen LogP) is 2.98. The molecule has 1 amide bonds. The summed E-state index contributed by atoms with van der Waals surface area (Å²) in [4.78, 5) is 19.2. The van der Waals surface area contributed by atoms with Crippen LogP contribution < -0.4 is 21.1 Å². The summed E-state index contributed by atoms with van der Waals surface area (Å²) in [6.07, 6.45) is 2.42. The first-order valence-electron chi connectivity index (χ1n) is 10.2. The summed E-state index contributed by atoms with van der Waals surface area (Å²) >= 11 is 1.84. The van der Waals surface area contributed by atoms with Crippen LogP contribution in [0.4, 0.5) is 0 Å². The summed E-state index contributed by atoms with van der Waals surface area (Å²) in [6, 6.07) is 12.4. The predicted molar refractivity (Wildman–Crippen MR) is 137 cm³/mol. The molecule has 1 aliphatic heterocycles. The van der Waals surface area contributed by atoms with Gasteiger partial charge in [0.2, 0.25) is 0 Å². The van der Waals surface area contributed by atoms with Gasteiger partial charge in [-0.3, -0.25) is 14.7 Å². The van der Waals surface area contributed by atoms with Crippen molar-refractivity contribution in [1.82, 2.24) is 15.5 Å². The summed E-state index contributed by atoms with van der Waals surface area (Å²) in [5.74, 6) is 1.44. The number of amides is 1. The van der Waals surface area contributed by atoms with E-state index in [9.17, 15) is 4.79 Å². The molecule has 4 N–H and O–H groups in total. The molecule has 9 heteroatoms. The highest BCUT2D eigenvalue weighted by Gasteiger charge is 2.31. The first kappa shape index (κ1) is 25.4. The molecule has 7 nitrogen and oxygen atoms in total. The van der Waals surface area contributed by atoms with Crippen molar-refractivity contribution in [3.63, 3.8) is 0 Å². The maximum Gasteiger partial charge on any atom is 0.255 e. The molecular formula is C22H32IN5O2S. The number of thiophene rings is 1. The van der Waals surface area contributed by atoms with E-state index in [2.05, 4.69) is 45.1 Å². The highest BCUT2D eigenvalue weighted by molar-refractivity contribution is 14.0. The lowest BCUT2D eigenvalue weighted by molar-refractivity contribution is -0.119. The zero-order chi connectivity index (χ0) is 21.3. The molecule has 31 heavy (non-hydrogen) atoms. The third-order valence-corrected chi connectivity index (χ3v) is 6.28. The van der Waals surface area contributed by atoms with Gasteiger partial charge in [-0.25, -0.2) is 0 Å². The van der Waals surface area contributed by atoms with Gasteiger partial charge in [-0.05, 0) is 61.5 Å². The number of ether oxygens (including phenoxy) is 1. The van der Waals surface area contributed by atoms with Gasteiger partial charge in [-0.15, -0.1) is 35.3 Å². The molecule has 1 fully saturated rings. The molecule has 1 aromatic heterocycles. The van der Waals surface area contributed by atoms with E-state index in [1.165, 1.54) is 17.7 Å². The molecule has 0 bridgehead atoms. The Morgan fingerprint density at radius 2 is 2.16 bits per heavy atom. The van der Waals surface area contributed by atoms with E-state index >= 15 is 0 Å². The molecule has 2 heterocycles. The van der Waals surface area contributed by atoms with Crippen molar-refractivity contribution in [3.05, 3.63) is 52.2 Å². The van der Waals surface area contributed by atoms with Crippen molar-refractivity contribution in [3.8, 4) is 5.75 Å². The van der Waals surface area contributed by atoms with Gasteiger partial charge in [0.25, 0.3) is 5.91 Å². The minimum atomic E-state index is -0.489. The highest BCUT2D eigenvalue weighted by atomic mass is 127. The number of hydrogen-bond acceptors (Lipinski definition) is 5. The number of piperidine rings is 1. The molecule has 2 aromatic rings. The Morgan fingerprint density at radius 1 is 1.32 bits per heavy atom. The van der Waals surface area contributed by atoms with Gasteiger partial charge in [0.1, 0.15) is 5.75 Å². The van der Waals surface area contributed by atoms with E-state index in [0.717, 1.165) is 24.6 Å². The number of nitrogens with zero attached hydrogens (tertiary/aromatic N) is 2. The van der Waals surface area contributed by atoms with Crippen LogP contribution in [-0.2, 0) is 11.3 Å². The van der Waals surface area contributed by atoms with Crippen LogP contribution in [0.15, 0.2) is 46.8 Å². The van der Waals surface area contributed by atoms with Crippen molar-refractivity contribution < 1.29 is 9.53 Å². The fraction of sp³-hybridized carbons (Fsp3) is 0.455. The highest BCUT2D eigenvalue weighted by Crippen LogP contribution is 2.36. The van der Waals surface area contributed by atoms with Gasteiger partial charge in [0.15, 0.2) is 12.6 Å². The fourth-order valence-corrected chi connectivity index (χ4v) is 4.90. The number of guanidine groups is 1. The lowest BCUT2D eigenvalue weighted by atomic mass is 9.88. The summed E-state index contributed by atoms with van der Waals surface area (Å²) in [5, 5.41) is 9.02. The van der Waals surface area contributed by atoms with Crippen molar-refractivity contribution >= 4 is 47.2 Å². The number of primary amides is 1. The summed E-state index contributed by atoms with van der Waals surface area (Å²) < 4.78 is 5.37. The average molecular weight is 558 g/mol. The standard InChI is InChI=1S/C22H31N5O2S.HI/c1-24-22(25-13-16-6-3-8-18(12-16)29-15-20(23)28)26-14-17-7-4-10-27(2)21(17)19-9-5-11-30-19;/h3,5-6,8-9,11-12,17,21H,4,7,10,13-15H2,1-2H3,(H2,23,28)(H2,24,25,26);1H. The molecule has 1 saturated heterocycles. The van der Waals surface area contributed by atoms with Crippen LogP contribution in [0.2, 0.25) is 0 Å². The zero-order valence-electron chi connectivity index (χ0n) is 18.0. The second-order valence-corrected chi connectivity index (χ2v) is 8.53. The number of nitrogens with two attached hydrogens (primary N) is 1. The maximum atomic E-state index is 10.9. The number of nitrogens with one attached hydrogen (secondary N) is 2. The summed E-state index contributed by atoms with van der Waals surface area (Å²) in [5.41, 5.74) is 6.17. The molecule has 1 aliphatic rings. The second-order valence-electron chi connectivity index (χ2n) is 7.55. The van der Waals surface area contributed by atoms with Gasteiger partial charge in [-0.1, -0.05) is 18.2 Å². The van der Waals surface area contributed by atoms with Crippen LogP contribution >= 0.6 is 35.3 Å². The minimum Gasteiger partial charge on any atom is -0.484 e. The molecule has 0 aliphatic carbocycles. The van der Waals surface area contributed by atoms with Crippen LogP contribution in [-0.4, -0.2) is 50.6 Å². The molecule has 2 unspecified atom stereocenters. The van der Waals surface area contributed by atoms with E-state index in [1.54, 1.807) is 7.05 Å². The van der Waals surface area contributed by atoms with Crippen LogP contribution in [0.5, 0.6) is 5.75 Å². The molecular weight excluding hydrogens is 525 g/mol. The average Bonchev–Trinajstić information content (AvgIpc) is 3.27. The Balaban J connectivity index is 0.00000341. The number of benzene rings is 1. The maximum absolute atomic E-state index is 10.9. The lowest BCUT2D eigenvalue weighted by Gasteiger charge is -2.39. The van der Waals surface area contributed by atoms with Gasteiger partial charge in [-0.2, -0.15) is 0 Å². The number of halogens is 1. The first-order chi connectivity index (χ1) is 14.6. The van der Waals surface area contributed by atoms with Gasteiger partial charge in [0.05, 0.1) is 0 Å². The van der Waals surface area contributed by atoms with Gasteiger partial charge < -0.3 is 21.1 Å². The van der Waals surface area contributed by atoms with E-state index in [1.807, 2.05) is 35.6 Å². The van der Waals surface area contributed by atoms with Crippen LogP contribution in [0.1, 0.15) is 29.3 Å². The third-order valence-electron chi connectivity index (χ3n) is 5.34. The molecule has 0 radical (unpaired) electrons. The summed E-state index contributed by atoms with van der Waals surface area (Å²) in [7, 11) is 4.00. The number of rotatable bonds is 8. The Hall–Kier alpha value is -1.85. The Morgan fingerprint density at radius 3 is 2.87 bits per heavy atom. The number of hydrogen-bond donors (Lipinski definition) is 3. The normalized spacial score (nSPS) is 19.4. The molecule has 3 rings (SSSR count). The lowest BCUT2D eigenvalue weighted by Crippen LogP contribution is -2.44. The SMILES string of the molecule is CN=C(NCc1cccc(OCC(N)=O)c1)NCC1CCCN(C)C1c1cccs1.I. The van der Waals surface area contributed by atoms with E-state index in [-0.39, 0.29) is 30.6 Å². The Kier molecular flexibility index (Phi) is 10.6. The van der Waals surface area contributed by atoms with Crippen LogP contribution in [0, 0.1) is 5.92 Å². The number of carbonyl (C=O) groups is 1. The Labute approximate surface area is 205 Å². The smallest absolute Gasteiger partial charge is 0.255 e. The molecule has 2 atom stereocenters. The molecule has 170 valence electrons. The molecule has 0 saturated carbocycles. The largest absolute Gasteiger partial charge is 0.484 e. The quantitative estimate of drug-likeness (QED) is 0.264. The fourth-order valence-electron chi connectivity index (χ4n) is 3.92. The van der Waals surface area contributed by atoms with E-state index in [4.69, 9.17) is 10.5 Å². The molecule has 1 aromatic carbocycles. The van der Waals surface area contributed by atoms with Crippen molar-refractivity contribution in [1.29, 1.82) is 0 Å². The number of aliphatic imine (C=N–C) groups is 1. The monoisotopic (exact) mass is 557 g/mol. The van der Waals surface area contributed by atoms with Crippen LogP contribution in [0.3, 0.4) is 0 Å². The van der Waals surface area contributed by atoms with E-state index in [0.29, 0.717) is 24.3 Å². The second kappa shape index (κ2) is 12.9. The molecule has 0 spiro atoms. The number of carbonyl (C=O) groups excluding carboxylic acids is 1. The first-order valence-corrected chi connectivity index (χ1v) is 11.1. The zero-order valence-corrected chi connectivity index (χ0v) is 21.2. The van der Waals surface area contributed by atoms with Crippen molar-refractivity contribution in [2.75, 3.05) is 33.8 Å². The number of likely N-dealkylation sites (tertiary alicyclic amines) is 1. The van der Waals surface area contributed by atoms with Crippen molar-refractivity contribution in [2.24, 2.45) is 16.6 Å². The van der Waals surface area contributed by atoms with Gasteiger partial charge >= 0.3 is 0 Å². The Bertz CT molecular complexity index is 846. The minimum absolute atomic E-state index is 0. The van der Waals surface area contributed by atoms with Crippen LogP contribution in [0.25, 0.3) is 0 Å². The van der Waals surface area contributed by atoms with Gasteiger partial charge in [0, 0.05) is 31.1 Å². The van der Waals surface area contributed by atoms with E-state index < -0.39 is 5.91 Å². The summed E-state index contributed by atoms with van der Waals surface area (Å²) in [6.45, 7) is 2.49.